The van der Waals surface area contributed by atoms with E-state index in [1.54, 1.807) is 0 Å². The molecule has 1 aliphatic rings. The molecule has 0 atom stereocenters. The standard InChI is InChI=1S/C42H39B2N/c1-28-23-30(3)41(31(4)24-28)44(42-32(5)25-29(2)26-33(42)6)35-17-14-18-36(27-35)45-39-21-12-10-19-37(39)43(34-15-8-7-9-16-34)38-20-11-13-22-40(38)45/h7-27H,1-6H3. The number of fused-ring (bicyclic) bond motifs is 2. The number of benzene rings is 6. The van der Waals surface area contributed by atoms with Crippen LogP contribution in [0.15, 0.2) is 127 Å². The molecule has 45 heavy (non-hydrogen) atoms. The molecule has 218 valence electrons. The Balaban J connectivity index is 1.45. The summed E-state index contributed by atoms with van der Waals surface area (Å²) in [5.74, 6) is 0. The van der Waals surface area contributed by atoms with E-state index in [4.69, 9.17) is 0 Å². The Morgan fingerprint density at radius 3 is 1.44 bits per heavy atom. The first kappa shape index (κ1) is 29.0. The zero-order valence-electron chi connectivity index (χ0n) is 27.2. The highest BCUT2D eigenvalue weighted by Crippen LogP contribution is 2.35. The Bertz CT molecular complexity index is 1890. The fraction of sp³-hybridized carbons (Fsp3) is 0.143. The van der Waals surface area contributed by atoms with Gasteiger partial charge in [-0.3, -0.25) is 0 Å². The predicted molar refractivity (Wildman–Crippen MR) is 198 cm³/mol. The number of hydrogen-bond donors (Lipinski definition) is 0. The molecule has 0 bridgehead atoms. The third kappa shape index (κ3) is 5.11. The van der Waals surface area contributed by atoms with Crippen LogP contribution in [-0.2, 0) is 0 Å². The van der Waals surface area contributed by atoms with Gasteiger partial charge in [0.1, 0.15) is 0 Å². The van der Waals surface area contributed by atoms with Crippen LogP contribution in [-0.4, -0.2) is 13.4 Å². The molecule has 0 N–H and O–H groups in total. The Hall–Kier alpha value is -4.75. The topological polar surface area (TPSA) is 3.24 Å². The molecule has 0 aliphatic carbocycles. The lowest BCUT2D eigenvalue weighted by Crippen LogP contribution is -2.57. The summed E-state index contributed by atoms with van der Waals surface area (Å²) in [6.07, 6.45) is 0. The first-order valence-electron chi connectivity index (χ1n) is 16.1. The summed E-state index contributed by atoms with van der Waals surface area (Å²) < 4.78 is 0. The average Bonchev–Trinajstić information content (AvgIpc) is 3.02. The summed E-state index contributed by atoms with van der Waals surface area (Å²) in [5, 5.41) is 0. The molecular weight excluding hydrogens is 540 g/mol. The molecule has 0 spiro atoms. The third-order valence-electron chi connectivity index (χ3n) is 9.63. The second-order valence-electron chi connectivity index (χ2n) is 12.9. The average molecular weight is 579 g/mol. The number of rotatable bonds is 5. The maximum atomic E-state index is 2.48. The quantitative estimate of drug-likeness (QED) is 0.215. The van der Waals surface area contributed by atoms with Gasteiger partial charge in [-0.25, -0.2) is 0 Å². The highest BCUT2D eigenvalue weighted by Gasteiger charge is 2.35. The molecule has 0 amide bonds. The zero-order valence-corrected chi connectivity index (χ0v) is 27.2. The Labute approximate surface area is 269 Å². The smallest absolute Gasteiger partial charge is 0.246 e. The second kappa shape index (κ2) is 11.6. The Kier molecular flexibility index (Phi) is 7.50. The van der Waals surface area contributed by atoms with Gasteiger partial charge < -0.3 is 4.90 Å². The van der Waals surface area contributed by atoms with Crippen molar-refractivity contribution < 1.29 is 0 Å². The molecule has 7 rings (SSSR count). The van der Waals surface area contributed by atoms with Crippen LogP contribution in [0.4, 0.5) is 17.1 Å². The maximum Gasteiger partial charge on any atom is 0.246 e. The van der Waals surface area contributed by atoms with Crippen LogP contribution < -0.4 is 37.7 Å². The van der Waals surface area contributed by atoms with Gasteiger partial charge in [0, 0.05) is 17.1 Å². The van der Waals surface area contributed by atoms with Gasteiger partial charge in [0.05, 0.1) is 0 Å². The van der Waals surface area contributed by atoms with Crippen molar-refractivity contribution in [2.45, 2.75) is 41.5 Å². The summed E-state index contributed by atoms with van der Waals surface area (Å²) in [6.45, 7) is 13.8. The SMILES string of the molecule is Cc1cc(C)c(B(c2cccc(N3c4ccccc4B(c4ccccc4)c4ccccc43)c2)c2c(C)cc(C)cc2C)c(C)c1. The summed E-state index contributed by atoms with van der Waals surface area (Å²) in [6, 6.07) is 47.5. The minimum atomic E-state index is 0.124. The Morgan fingerprint density at radius 1 is 0.467 bits per heavy atom. The third-order valence-corrected chi connectivity index (χ3v) is 9.63. The van der Waals surface area contributed by atoms with Crippen molar-refractivity contribution in [2.24, 2.45) is 0 Å². The lowest BCUT2D eigenvalue weighted by molar-refractivity contribution is 1.29. The van der Waals surface area contributed by atoms with Crippen molar-refractivity contribution in [3.8, 4) is 0 Å². The second-order valence-corrected chi connectivity index (χ2v) is 12.9. The largest absolute Gasteiger partial charge is 0.312 e. The highest BCUT2D eigenvalue weighted by atomic mass is 15.1. The number of hydrogen-bond acceptors (Lipinski definition) is 1. The molecule has 1 nitrogen and oxygen atoms in total. The van der Waals surface area contributed by atoms with Crippen molar-refractivity contribution in [1.82, 2.24) is 0 Å². The maximum absolute atomic E-state index is 2.48. The minimum absolute atomic E-state index is 0.124. The van der Waals surface area contributed by atoms with Crippen LogP contribution in [0.2, 0.25) is 0 Å². The van der Waals surface area contributed by atoms with Crippen LogP contribution >= 0.6 is 0 Å². The van der Waals surface area contributed by atoms with E-state index in [-0.39, 0.29) is 13.4 Å². The van der Waals surface area contributed by atoms with Crippen LogP contribution in [0.3, 0.4) is 0 Å². The fourth-order valence-electron chi connectivity index (χ4n) is 8.06. The molecule has 0 aromatic heterocycles. The van der Waals surface area contributed by atoms with Gasteiger partial charge in [0.25, 0.3) is 0 Å². The summed E-state index contributed by atoms with van der Waals surface area (Å²) in [7, 11) is 0. The molecule has 0 radical (unpaired) electrons. The monoisotopic (exact) mass is 579 g/mol. The van der Waals surface area contributed by atoms with E-state index < -0.39 is 0 Å². The van der Waals surface area contributed by atoms with E-state index in [1.165, 1.54) is 83.2 Å². The van der Waals surface area contributed by atoms with E-state index in [0.717, 1.165) is 0 Å². The predicted octanol–water partition coefficient (Wildman–Crippen LogP) is 6.35. The molecule has 3 heteroatoms. The normalized spacial score (nSPS) is 12.1. The molecule has 0 saturated carbocycles. The number of aryl methyl sites for hydroxylation is 6. The lowest BCUT2D eigenvalue weighted by atomic mass is 9.34. The van der Waals surface area contributed by atoms with E-state index >= 15 is 0 Å². The van der Waals surface area contributed by atoms with Crippen molar-refractivity contribution in [2.75, 3.05) is 4.90 Å². The molecular formula is C42H39B2N. The molecule has 0 saturated heterocycles. The highest BCUT2D eigenvalue weighted by molar-refractivity contribution is 6.98. The van der Waals surface area contributed by atoms with Gasteiger partial charge in [0.15, 0.2) is 0 Å². The van der Waals surface area contributed by atoms with Gasteiger partial charge >= 0.3 is 0 Å². The molecule has 1 heterocycles. The van der Waals surface area contributed by atoms with Crippen molar-refractivity contribution in [1.29, 1.82) is 0 Å². The molecule has 1 aliphatic heterocycles. The van der Waals surface area contributed by atoms with Gasteiger partial charge in [-0.05, 0) is 76.7 Å². The Morgan fingerprint density at radius 2 is 0.933 bits per heavy atom. The fourth-order valence-corrected chi connectivity index (χ4v) is 8.06. The van der Waals surface area contributed by atoms with E-state index in [1.807, 2.05) is 0 Å². The van der Waals surface area contributed by atoms with Crippen LogP contribution in [0, 0.1) is 41.5 Å². The summed E-state index contributed by atoms with van der Waals surface area (Å²) in [5.41, 5.74) is 19.8. The molecule has 6 aromatic carbocycles. The van der Waals surface area contributed by atoms with E-state index in [0.29, 0.717) is 0 Å². The molecule has 6 aromatic rings. The van der Waals surface area contributed by atoms with Crippen molar-refractivity contribution in [3.05, 3.63) is 161 Å². The summed E-state index contributed by atoms with van der Waals surface area (Å²) in [4.78, 5) is 2.48. The van der Waals surface area contributed by atoms with E-state index in [2.05, 4.69) is 174 Å². The number of para-hydroxylation sites is 2. The van der Waals surface area contributed by atoms with Crippen LogP contribution in [0.5, 0.6) is 0 Å². The molecule has 0 fully saturated rings. The van der Waals surface area contributed by atoms with Gasteiger partial charge in [0.2, 0.25) is 13.4 Å². The number of nitrogens with zero attached hydrogens (tertiary/aromatic N) is 1. The summed E-state index contributed by atoms with van der Waals surface area (Å²) >= 11 is 0. The lowest BCUT2D eigenvalue weighted by Gasteiger charge is -2.37. The molecule has 0 unspecified atom stereocenters. The van der Waals surface area contributed by atoms with Crippen LogP contribution in [0.25, 0.3) is 0 Å². The zero-order chi connectivity index (χ0) is 31.2. The van der Waals surface area contributed by atoms with Gasteiger partial charge in [-0.2, -0.15) is 0 Å². The first-order valence-corrected chi connectivity index (χ1v) is 16.1. The van der Waals surface area contributed by atoms with Crippen molar-refractivity contribution in [3.63, 3.8) is 0 Å². The van der Waals surface area contributed by atoms with Gasteiger partial charge in [-0.15, -0.1) is 0 Å². The van der Waals surface area contributed by atoms with E-state index in [9.17, 15) is 0 Å². The first-order chi connectivity index (χ1) is 21.8. The van der Waals surface area contributed by atoms with Crippen LogP contribution in [0.1, 0.15) is 33.4 Å². The number of anilines is 3. The van der Waals surface area contributed by atoms with Gasteiger partial charge in [-0.1, -0.05) is 158 Å². The minimum Gasteiger partial charge on any atom is -0.312 e. The van der Waals surface area contributed by atoms with Crippen molar-refractivity contribution >= 4 is 63.3 Å².